The van der Waals surface area contributed by atoms with Crippen LogP contribution < -0.4 is 15.2 Å². The molecular weight excluding hydrogens is 185 g/mol. The molecule has 2 N–H and O–H groups in total. The Kier molecular flexibility index (Phi) is 2.54. The van der Waals surface area contributed by atoms with Gasteiger partial charge in [0.2, 0.25) is 6.79 Å². The molecule has 0 saturated heterocycles. The maximum absolute atomic E-state index is 12.1. The van der Waals surface area contributed by atoms with Gasteiger partial charge in [0.25, 0.3) is 0 Å². The third-order valence-corrected chi connectivity index (χ3v) is 2.24. The number of alkyl halides is 1. The average molecular weight is 197 g/mol. The summed E-state index contributed by atoms with van der Waals surface area (Å²) in [7, 11) is 0. The van der Waals surface area contributed by atoms with E-state index in [1.54, 1.807) is 6.07 Å². The minimum absolute atomic E-state index is 0.247. The average Bonchev–Trinajstić information content (AvgIpc) is 2.64. The van der Waals surface area contributed by atoms with Crippen LogP contribution in [0.1, 0.15) is 18.0 Å². The number of rotatable bonds is 3. The first-order chi connectivity index (χ1) is 6.81. The number of hydrogen-bond donors (Lipinski definition) is 1. The van der Waals surface area contributed by atoms with Crippen LogP contribution in [0.4, 0.5) is 4.39 Å². The van der Waals surface area contributed by atoms with Gasteiger partial charge in [-0.3, -0.25) is 4.39 Å². The highest BCUT2D eigenvalue weighted by atomic mass is 19.1. The SMILES string of the molecule is N[C@H](CCF)c1ccc2c(c1)OCO2. The first-order valence-electron chi connectivity index (χ1n) is 4.52. The first kappa shape index (κ1) is 9.27. The van der Waals surface area contributed by atoms with E-state index in [0.29, 0.717) is 12.2 Å². The number of benzene rings is 1. The zero-order valence-electron chi connectivity index (χ0n) is 7.70. The van der Waals surface area contributed by atoms with Crippen LogP contribution in [0.25, 0.3) is 0 Å². The predicted molar refractivity (Wildman–Crippen MR) is 50.1 cm³/mol. The lowest BCUT2D eigenvalue weighted by atomic mass is 10.0. The summed E-state index contributed by atoms with van der Waals surface area (Å²) >= 11 is 0. The second-order valence-electron chi connectivity index (χ2n) is 3.20. The van der Waals surface area contributed by atoms with Crippen LogP contribution in [-0.2, 0) is 0 Å². The van der Waals surface area contributed by atoms with E-state index in [4.69, 9.17) is 15.2 Å². The van der Waals surface area contributed by atoms with Crippen molar-refractivity contribution in [1.29, 1.82) is 0 Å². The Morgan fingerprint density at radius 3 is 2.93 bits per heavy atom. The molecule has 0 saturated carbocycles. The van der Waals surface area contributed by atoms with Crippen LogP contribution in [0.2, 0.25) is 0 Å². The zero-order chi connectivity index (χ0) is 9.97. The van der Waals surface area contributed by atoms with Crippen molar-refractivity contribution in [1.82, 2.24) is 0 Å². The number of hydrogen-bond acceptors (Lipinski definition) is 3. The molecular formula is C10H12FNO2. The maximum atomic E-state index is 12.1. The summed E-state index contributed by atoms with van der Waals surface area (Å²) in [5, 5.41) is 0. The molecule has 1 aliphatic rings. The lowest BCUT2D eigenvalue weighted by Crippen LogP contribution is -2.10. The highest BCUT2D eigenvalue weighted by molar-refractivity contribution is 5.45. The zero-order valence-corrected chi connectivity index (χ0v) is 7.70. The standard InChI is InChI=1S/C10H12FNO2/c11-4-3-8(12)7-1-2-9-10(5-7)14-6-13-9/h1-2,5,8H,3-4,6,12H2/t8-/m1/s1. The topological polar surface area (TPSA) is 44.5 Å². The smallest absolute Gasteiger partial charge is 0.231 e. The molecule has 2 rings (SSSR count). The van der Waals surface area contributed by atoms with Gasteiger partial charge < -0.3 is 15.2 Å². The van der Waals surface area contributed by atoms with Crippen LogP contribution in [0, 0.1) is 0 Å². The molecule has 76 valence electrons. The summed E-state index contributed by atoms with van der Waals surface area (Å²) in [6.45, 7) is -0.160. The van der Waals surface area contributed by atoms with Crippen LogP contribution in [-0.4, -0.2) is 13.5 Å². The normalized spacial score (nSPS) is 15.6. The Labute approximate surface area is 81.6 Å². The van der Waals surface area contributed by atoms with Crippen LogP contribution >= 0.6 is 0 Å². The van der Waals surface area contributed by atoms with E-state index in [1.165, 1.54) is 0 Å². The first-order valence-corrected chi connectivity index (χ1v) is 4.52. The molecule has 0 fully saturated rings. The van der Waals surface area contributed by atoms with E-state index in [9.17, 15) is 4.39 Å². The van der Waals surface area contributed by atoms with Gasteiger partial charge in [-0.15, -0.1) is 0 Å². The van der Waals surface area contributed by atoms with Gasteiger partial charge in [-0.2, -0.15) is 0 Å². The quantitative estimate of drug-likeness (QED) is 0.803. The van der Waals surface area contributed by atoms with Crippen molar-refractivity contribution in [2.24, 2.45) is 5.73 Å². The predicted octanol–water partition coefficient (Wildman–Crippen LogP) is 1.77. The molecule has 0 radical (unpaired) electrons. The fraction of sp³-hybridized carbons (Fsp3) is 0.400. The number of nitrogens with two attached hydrogens (primary N) is 1. The summed E-state index contributed by atoms with van der Waals surface area (Å²) in [5.41, 5.74) is 6.64. The third kappa shape index (κ3) is 1.65. The molecule has 0 bridgehead atoms. The number of fused-ring (bicyclic) bond motifs is 1. The number of halogens is 1. The van der Waals surface area contributed by atoms with Crippen LogP contribution in [0.5, 0.6) is 11.5 Å². The fourth-order valence-corrected chi connectivity index (χ4v) is 1.43. The fourth-order valence-electron chi connectivity index (χ4n) is 1.43. The summed E-state index contributed by atoms with van der Waals surface area (Å²) in [6.07, 6.45) is 0.333. The third-order valence-electron chi connectivity index (χ3n) is 2.24. The molecule has 1 aromatic rings. The largest absolute Gasteiger partial charge is 0.454 e. The Morgan fingerprint density at radius 2 is 2.14 bits per heavy atom. The van der Waals surface area contributed by atoms with E-state index >= 15 is 0 Å². The summed E-state index contributed by atoms with van der Waals surface area (Å²) in [6, 6.07) is 5.18. The maximum Gasteiger partial charge on any atom is 0.231 e. The van der Waals surface area contributed by atoms with Crippen molar-refractivity contribution < 1.29 is 13.9 Å². The minimum atomic E-state index is -0.407. The highest BCUT2D eigenvalue weighted by Crippen LogP contribution is 2.34. The lowest BCUT2D eigenvalue weighted by Gasteiger charge is -2.09. The molecule has 1 aliphatic heterocycles. The molecule has 14 heavy (non-hydrogen) atoms. The number of ether oxygens (including phenoxy) is 2. The molecule has 0 aliphatic carbocycles. The van der Waals surface area contributed by atoms with Gasteiger partial charge in [-0.1, -0.05) is 6.07 Å². The van der Waals surface area contributed by atoms with Crippen molar-refractivity contribution in [2.45, 2.75) is 12.5 Å². The van der Waals surface area contributed by atoms with Gasteiger partial charge >= 0.3 is 0 Å². The monoisotopic (exact) mass is 197 g/mol. The second-order valence-corrected chi connectivity index (χ2v) is 3.20. The lowest BCUT2D eigenvalue weighted by molar-refractivity contribution is 0.174. The summed E-state index contributed by atoms with van der Waals surface area (Å²) in [5.74, 6) is 1.41. The Morgan fingerprint density at radius 1 is 1.36 bits per heavy atom. The Balaban J connectivity index is 2.19. The second kappa shape index (κ2) is 3.84. The molecule has 1 atom stereocenters. The van der Waals surface area contributed by atoms with Gasteiger partial charge in [0, 0.05) is 6.04 Å². The van der Waals surface area contributed by atoms with Gasteiger partial charge in [0.15, 0.2) is 11.5 Å². The van der Waals surface area contributed by atoms with Crippen LogP contribution in [0.15, 0.2) is 18.2 Å². The van der Waals surface area contributed by atoms with Crippen molar-refractivity contribution in [3.63, 3.8) is 0 Å². The molecule has 0 amide bonds. The summed E-state index contributed by atoms with van der Waals surface area (Å²) < 4.78 is 22.4. The van der Waals surface area contributed by atoms with E-state index in [2.05, 4.69) is 0 Å². The summed E-state index contributed by atoms with van der Waals surface area (Å²) in [4.78, 5) is 0. The molecule has 0 aromatic heterocycles. The molecule has 4 heteroatoms. The van der Waals surface area contributed by atoms with Gasteiger partial charge in [-0.25, -0.2) is 0 Å². The van der Waals surface area contributed by atoms with E-state index < -0.39 is 6.67 Å². The Hall–Kier alpha value is -1.29. The molecule has 0 unspecified atom stereocenters. The van der Waals surface area contributed by atoms with Crippen molar-refractivity contribution in [3.05, 3.63) is 23.8 Å². The Bertz CT molecular complexity index is 330. The van der Waals surface area contributed by atoms with Crippen molar-refractivity contribution in [2.75, 3.05) is 13.5 Å². The molecule has 3 nitrogen and oxygen atoms in total. The van der Waals surface area contributed by atoms with Gasteiger partial charge in [-0.05, 0) is 24.1 Å². The van der Waals surface area contributed by atoms with Crippen molar-refractivity contribution >= 4 is 0 Å². The van der Waals surface area contributed by atoms with E-state index in [-0.39, 0.29) is 12.8 Å². The minimum Gasteiger partial charge on any atom is -0.454 e. The molecule has 1 aromatic carbocycles. The van der Waals surface area contributed by atoms with E-state index in [0.717, 1.165) is 11.3 Å². The highest BCUT2D eigenvalue weighted by Gasteiger charge is 2.15. The van der Waals surface area contributed by atoms with Crippen LogP contribution in [0.3, 0.4) is 0 Å². The van der Waals surface area contributed by atoms with Gasteiger partial charge in [0.1, 0.15) is 0 Å². The van der Waals surface area contributed by atoms with Gasteiger partial charge in [0.05, 0.1) is 6.67 Å². The van der Waals surface area contributed by atoms with Crippen molar-refractivity contribution in [3.8, 4) is 11.5 Å². The molecule has 0 spiro atoms. The molecule has 1 heterocycles. The van der Waals surface area contributed by atoms with E-state index in [1.807, 2.05) is 12.1 Å².